The third-order valence-corrected chi connectivity index (χ3v) is 8.46. The molecule has 0 saturated heterocycles. The van der Waals surface area contributed by atoms with Crippen LogP contribution in [0.25, 0.3) is 0 Å². The van der Waals surface area contributed by atoms with Gasteiger partial charge in [-0.25, -0.2) is 8.42 Å². The van der Waals surface area contributed by atoms with Crippen molar-refractivity contribution in [3.63, 3.8) is 0 Å². The number of rotatable bonds is 13. The van der Waals surface area contributed by atoms with E-state index in [1.165, 1.54) is 17.0 Å². The van der Waals surface area contributed by atoms with Crippen molar-refractivity contribution in [1.82, 2.24) is 10.2 Å². The summed E-state index contributed by atoms with van der Waals surface area (Å²) in [6.07, 6.45) is 1.09. The smallest absolute Gasteiger partial charge is 0.264 e. The van der Waals surface area contributed by atoms with Gasteiger partial charge in [0.1, 0.15) is 18.3 Å². The maximum Gasteiger partial charge on any atom is 0.264 e. The molecule has 1 unspecified atom stereocenters. The predicted octanol–water partition coefficient (Wildman–Crippen LogP) is 5.19. The van der Waals surface area contributed by atoms with Crippen LogP contribution in [0.15, 0.2) is 77.7 Å². The fourth-order valence-corrected chi connectivity index (χ4v) is 5.77. The van der Waals surface area contributed by atoms with Gasteiger partial charge in [0.25, 0.3) is 10.0 Å². The molecule has 10 heteroatoms. The molecule has 0 saturated carbocycles. The molecule has 0 aliphatic heterocycles. The number of nitrogens with one attached hydrogen (secondary N) is 1. The number of ether oxygens (including phenoxy) is 1. The van der Waals surface area contributed by atoms with Crippen molar-refractivity contribution in [1.29, 1.82) is 0 Å². The van der Waals surface area contributed by atoms with Crippen molar-refractivity contribution in [3.8, 4) is 5.75 Å². The molecule has 8 nitrogen and oxygen atoms in total. The van der Waals surface area contributed by atoms with Crippen molar-refractivity contribution in [2.75, 3.05) is 24.5 Å². The molecule has 0 aliphatic rings. The highest BCUT2D eigenvalue weighted by molar-refractivity contribution is 7.92. The Labute approximate surface area is 241 Å². The lowest BCUT2D eigenvalue weighted by Gasteiger charge is -2.33. The third-order valence-electron chi connectivity index (χ3n) is 6.42. The summed E-state index contributed by atoms with van der Waals surface area (Å²) >= 11 is 6.08. The number of carbonyl (C=O) groups excluding carboxylic acids is 2. The number of carbonyl (C=O) groups is 2. The molecular formula is C30H36ClN3O5S. The first-order valence-electron chi connectivity index (χ1n) is 13.2. The first-order valence-corrected chi connectivity index (χ1v) is 15.0. The van der Waals surface area contributed by atoms with Crippen LogP contribution in [0.3, 0.4) is 0 Å². The van der Waals surface area contributed by atoms with Crippen LogP contribution in [-0.4, -0.2) is 51.4 Å². The van der Waals surface area contributed by atoms with Gasteiger partial charge in [-0.15, -0.1) is 0 Å². The van der Waals surface area contributed by atoms with Crippen molar-refractivity contribution in [2.45, 2.75) is 51.1 Å². The lowest BCUT2D eigenvalue weighted by Crippen LogP contribution is -2.52. The van der Waals surface area contributed by atoms with Crippen molar-refractivity contribution < 1.29 is 22.7 Å². The van der Waals surface area contributed by atoms with Crippen LogP contribution in [0.1, 0.15) is 37.8 Å². The number of nitrogens with zero attached hydrogens (tertiary/aromatic N) is 2. The fourth-order valence-electron chi connectivity index (χ4n) is 4.23. The monoisotopic (exact) mass is 585 g/mol. The average molecular weight is 586 g/mol. The number of hydrogen-bond donors (Lipinski definition) is 1. The van der Waals surface area contributed by atoms with Crippen LogP contribution >= 0.6 is 11.6 Å². The van der Waals surface area contributed by atoms with E-state index in [0.717, 1.165) is 21.9 Å². The highest BCUT2D eigenvalue weighted by Crippen LogP contribution is 2.26. The van der Waals surface area contributed by atoms with E-state index in [0.29, 0.717) is 23.7 Å². The molecule has 1 atom stereocenters. The van der Waals surface area contributed by atoms with Gasteiger partial charge >= 0.3 is 0 Å². The Balaban J connectivity index is 2.05. The Hall–Kier alpha value is -3.56. The standard InChI is InChI=1S/C30H36ClN3O5S/c1-5-18-32-30(36)28(6-2)33(20-23-8-7-9-26(19-23)39-4)29(35)21-34(25-14-12-24(31)13-15-25)40(37,38)27-16-10-22(3)11-17-27/h7-17,19,28H,5-6,18,20-21H2,1-4H3,(H,32,36). The molecule has 3 aromatic rings. The van der Waals surface area contributed by atoms with Crippen molar-refractivity contribution >= 4 is 39.1 Å². The summed E-state index contributed by atoms with van der Waals surface area (Å²) in [5, 5.41) is 3.31. The summed E-state index contributed by atoms with van der Waals surface area (Å²) in [4.78, 5) is 28.7. The van der Waals surface area contributed by atoms with E-state index in [4.69, 9.17) is 16.3 Å². The van der Waals surface area contributed by atoms with Gasteiger partial charge in [0.2, 0.25) is 11.8 Å². The summed E-state index contributed by atoms with van der Waals surface area (Å²) in [7, 11) is -2.59. The highest BCUT2D eigenvalue weighted by atomic mass is 35.5. The molecule has 3 aromatic carbocycles. The Morgan fingerprint density at radius 1 is 1.00 bits per heavy atom. The second kappa shape index (κ2) is 14.2. The molecule has 0 aliphatic carbocycles. The molecule has 40 heavy (non-hydrogen) atoms. The van der Waals surface area contributed by atoms with Crippen LogP contribution in [0.5, 0.6) is 5.75 Å². The second-order valence-electron chi connectivity index (χ2n) is 9.39. The van der Waals surface area contributed by atoms with Gasteiger partial charge in [0, 0.05) is 18.1 Å². The van der Waals surface area contributed by atoms with Gasteiger partial charge in [-0.2, -0.15) is 0 Å². The number of aryl methyl sites for hydroxylation is 1. The second-order valence-corrected chi connectivity index (χ2v) is 11.7. The molecule has 1 N–H and O–H groups in total. The number of halogens is 1. The Bertz CT molecular complexity index is 1400. The van der Waals surface area contributed by atoms with E-state index in [-0.39, 0.29) is 23.0 Å². The first-order chi connectivity index (χ1) is 19.1. The quantitative estimate of drug-likeness (QED) is 0.298. The number of sulfonamides is 1. The predicted molar refractivity (Wildman–Crippen MR) is 158 cm³/mol. The van der Waals surface area contributed by atoms with Crippen LogP contribution < -0.4 is 14.4 Å². The van der Waals surface area contributed by atoms with Crippen LogP contribution in [-0.2, 0) is 26.2 Å². The number of methoxy groups -OCH3 is 1. The summed E-state index contributed by atoms with van der Waals surface area (Å²) in [6.45, 7) is 5.67. The summed E-state index contributed by atoms with van der Waals surface area (Å²) in [5.41, 5.74) is 1.93. The van der Waals surface area contributed by atoms with E-state index in [1.807, 2.05) is 26.8 Å². The highest BCUT2D eigenvalue weighted by Gasteiger charge is 2.33. The molecule has 0 fully saturated rings. The van der Waals surface area contributed by atoms with Crippen LogP contribution in [0.2, 0.25) is 5.02 Å². The number of anilines is 1. The van der Waals surface area contributed by atoms with E-state index in [2.05, 4.69) is 5.32 Å². The largest absolute Gasteiger partial charge is 0.497 e. The normalized spacial score (nSPS) is 11.9. The zero-order chi connectivity index (χ0) is 29.3. The summed E-state index contributed by atoms with van der Waals surface area (Å²) < 4.78 is 34.1. The molecule has 214 valence electrons. The summed E-state index contributed by atoms with van der Waals surface area (Å²) in [5.74, 6) is -0.204. The van der Waals surface area contributed by atoms with E-state index in [9.17, 15) is 18.0 Å². The molecule has 0 bridgehead atoms. The van der Waals surface area contributed by atoms with Crippen molar-refractivity contribution in [2.24, 2.45) is 0 Å². The van der Waals surface area contributed by atoms with E-state index >= 15 is 0 Å². The first kappa shape index (κ1) is 31.0. The molecular weight excluding hydrogens is 550 g/mol. The molecule has 0 aromatic heterocycles. The maximum absolute atomic E-state index is 14.0. The lowest BCUT2D eigenvalue weighted by atomic mass is 10.1. The Morgan fingerprint density at radius 3 is 2.27 bits per heavy atom. The zero-order valence-electron chi connectivity index (χ0n) is 23.3. The van der Waals surface area contributed by atoms with Gasteiger partial charge in [0.15, 0.2) is 0 Å². The molecule has 2 amide bonds. The number of benzene rings is 3. The van der Waals surface area contributed by atoms with Gasteiger partial charge in [-0.05, 0) is 73.9 Å². The van der Waals surface area contributed by atoms with Gasteiger partial charge in [0.05, 0.1) is 17.7 Å². The van der Waals surface area contributed by atoms with Gasteiger partial charge in [-0.3, -0.25) is 13.9 Å². The SMILES string of the molecule is CCCNC(=O)C(CC)N(Cc1cccc(OC)c1)C(=O)CN(c1ccc(Cl)cc1)S(=O)(=O)c1ccc(C)cc1. The van der Waals surface area contributed by atoms with Gasteiger partial charge in [-0.1, -0.05) is 55.3 Å². The minimum atomic E-state index is -4.14. The minimum absolute atomic E-state index is 0.0490. The van der Waals surface area contributed by atoms with E-state index < -0.39 is 28.5 Å². The van der Waals surface area contributed by atoms with Gasteiger partial charge < -0.3 is 15.0 Å². The fraction of sp³-hybridized carbons (Fsp3) is 0.333. The number of hydrogen-bond acceptors (Lipinski definition) is 5. The van der Waals surface area contributed by atoms with Crippen LogP contribution in [0.4, 0.5) is 5.69 Å². The van der Waals surface area contributed by atoms with Crippen LogP contribution in [0, 0.1) is 6.92 Å². The topological polar surface area (TPSA) is 96.0 Å². The third kappa shape index (κ3) is 7.76. The number of amides is 2. The molecule has 0 heterocycles. The lowest BCUT2D eigenvalue weighted by molar-refractivity contribution is -0.140. The molecule has 0 radical (unpaired) electrons. The Morgan fingerprint density at radius 2 is 1.68 bits per heavy atom. The Kier molecular flexibility index (Phi) is 11.0. The maximum atomic E-state index is 14.0. The zero-order valence-corrected chi connectivity index (χ0v) is 24.8. The average Bonchev–Trinajstić information content (AvgIpc) is 2.95. The van der Waals surface area contributed by atoms with E-state index in [1.54, 1.807) is 61.7 Å². The molecule has 3 rings (SSSR count). The minimum Gasteiger partial charge on any atom is -0.497 e. The summed E-state index contributed by atoms with van der Waals surface area (Å²) in [6, 6.07) is 19.1. The van der Waals surface area contributed by atoms with Crippen molar-refractivity contribution in [3.05, 3.63) is 88.9 Å². The molecule has 0 spiro atoms.